The van der Waals surface area contributed by atoms with Gasteiger partial charge in [0.1, 0.15) is 5.75 Å². The number of likely N-dealkylation sites (tertiary alicyclic amines) is 1. The fraction of sp³-hybridized carbons (Fsp3) is 0.429. The van der Waals surface area contributed by atoms with Crippen LogP contribution >= 0.6 is 0 Å². The number of hydrogen-bond donors (Lipinski definition) is 1. The number of carbonyl (C=O) groups is 1. The molecule has 7 nitrogen and oxygen atoms in total. The number of piperazine rings is 1. The Morgan fingerprint density at radius 1 is 1.11 bits per heavy atom. The zero-order valence-electron chi connectivity index (χ0n) is 16.3. The van der Waals surface area contributed by atoms with Gasteiger partial charge in [0, 0.05) is 51.5 Å². The molecule has 2 aromatic rings. The number of para-hydroxylation sites is 2. The van der Waals surface area contributed by atoms with Crippen molar-refractivity contribution in [2.75, 3.05) is 51.6 Å². The largest absolute Gasteiger partial charge is 0.454 e. The summed E-state index contributed by atoms with van der Waals surface area (Å²) < 4.78 is 5.89. The number of rotatable bonds is 4. The quantitative estimate of drug-likeness (QED) is 0.882. The number of benzene rings is 1. The maximum atomic E-state index is 12.8. The van der Waals surface area contributed by atoms with Crippen molar-refractivity contribution in [1.82, 2.24) is 19.7 Å². The van der Waals surface area contributed by atoms with E-state index >= 15 is 0 Å². The van der Waals surface area contributed by atoms with E-state index < -0.39 is 0 Å². The Kier molecular flexibility index (Phi) is 5.73. The standard InChI is InChI=1S/C21H27N5O2/c1-24-11-13-25(14-12-24)17-8-10-26(16-17)21(27)23-19-6-2-3-7-20(19)28-18-5-4-9-22-15-18/h2-7,9,15,17H,8,10-14,16H2,1H3,(H,23,27)/t17-/m0/s1. The van der Waals surface area contributed by atoms with Gasteiger partial charge in [0.15, 0.2) is 5.75 Å². The van der Waals surface area contributed by atoms with E-state index in [-0.39, 0.29) is 6.03 Å². The van der Waals surface area contributed by atoms with Crippen LogP contribution in [-0.4, -0.2) is 78.1 Å². The van der Waals surface area contributed by atoms with Crippen LogP contribution in [0.5, 0.6) is 11.5 Å². The highest BCUT2D eigenvalue weighted by Gasteiger charge is 2.31. The number of urea groups is 1. The normalized spacial score (nSPS) is 20.9. The van der Waals surface area contributed by atoms with Crippen LogP contribution in [0, 0.1) is 0 Å². The van der Waals surface area contributed by atoms with Crippen LogP contribution in [-0.2, 0) is 0 Å². The van der Waals surface area contributed by atoms with Crippen LogP contribution in [0.25, 0.3) is 0 Å². The first-order valence-corrected chi connectivity index (χ1v) is 9.84. The summed E-state index contributed by atoms with van der Waals surface area (Å²) in [7, 11) is 2.16. The Morgan fingerprint density at radius 3 is 2.71 bits per heavy atom. The molecule has 2 amide bonds. The summed E-state index contributed by atoms with van der Waals surface area (Å²) in [4.78, 5) is 23.7. The zero-order valence-corrected chi connectivity index (χ0v) is 16.3. The van der Waals surface area contributed by atoms with Crippen molar-refractivity contribution in [3.63, 3.8) is 0 Å². The number of nitrogens with one attached hydrogen (secondary N) is 1. The number of nitrogens with zero attached hydrogens (tertiary/aromatic N) is 4. The van der Waals surface area contributed by atoms with Crippen LogP contribution in [0.2, 0.25) is 0 Å². The number of anilines is 1. The smallest absolute Gasteiger partial charge is 0.322 e. The van der Waals surface area contributed by atoms with Gasteiger partial charge in [0.25, 0.3) is 0 Å². The van der Waals surface area contributed by atoms with Crippen molar-refractivity contribution in [2.24, 2.45) is 0 Å². The molecule has 2 aliphatic rings. The molecule has 0 unspecified atom stereocenters. The SMILES string of the molecule is CN1CCN([C@H]2CCN(C(=O)Nc3ccccc3Oc3cccnc3)C2)CC1. The van der Waals surface area contributed by atoms with Crippen molar-refractivity contribution in [3.05, 3.63) is 48.8 Å². The zero-order chi connectivity index (χ0) is 19.3. The highest BCUT2D eigenvalue weighted by molar-refractivity contribution is 5.91. The highest BCUT2D eigenvalue weighted by atomic mass is 16.5. The van der Waals surface area contributed by atoms with E-state index in [4.69, 9.17) is 4.74 Å². The molecule has 0 bridgehead atoms. The minimum Gasteiger partial charge on any atom is -0.454 e. The first-order chi connectivity index (χ1) is 13.7. The monoisotopic (exact) mass is 381 g/mol. The first kappa shape index (κ1) is 18.7. The average Bonchev–Trinajstić information content (AvgIpc) is 3.21. The van der Waals surface area contributed by atoms with Gasteiger partial charge in [-0.25, -0.2) is 4.79 Å². The molecule has 1 aromatic heterocycles. The summed E-state index contributed by atoms with van der Waals surface area (Å²) in [5.74, 6) is 1.25. The van der Waals surface area contributed by atoms with Gasteiger partial charge < -0.3 is 19.9 Å². The average molecular weight is 381 g/mol. The summed E-state index contributed by atoms with van der Waals surface area (Å²) in [5.41, 5.74) is 0.666. The second-order valence-electron chi connectivity index (χ2n) is 7.44. The molecule has 148 valence electrons. The number of carbonyl (C=O) groups excluding carboxylic acids is 1. The van der Waals surface area contributed by atoms with E-state index in [0.29, 0.717) is 23.2 Å². The molecule has 0 aliphatic carbocycles. The second kappa shape index (κ2) is 8.58. The predicted molar refractivity (Wildman–Crippen MR) is 109 cm³/mol. The molecule has 3 heterocycles. The summed E-state index contributed by atoms with van der Waals surface area (Å²) in [6.07, 6.45) is 4.38. The maximum Gasteiger partial charge on any atom is 0.322 e. The van der Waals surface area contributed by atoms with Crippen LogP contribution in [0.15, 0.2) is 48.8 Å². The lowest BCUT2D eigenvalue weighted by atomic mass is 10.2. The van der Waals surface area contributed by atoms with Gasteiger partial charge in [-0.3, -0.25) is 9.88 Å². The summed E-state index contributed by atoms with van der Waals surface area (Å²) >= 11 is 0. The van der Waals surface area contributed by atoms with E-state index in [0.717, 1.165) is 45.7 Å². The molecule has 4 rings (SSSR count). The van der Waals surface area contributed by atoms with Gasteiger partial charge >= 0.3 is 6.03 Å². The van der Waals surface area contributed by atoms with Gasteiger partial charge in [0.05, 0.1) is 11.9 Å². The van der Waals surface area contributed by atoms with Crippen LogP contribution in [0.1, 0.15) is 6.42 Å². The maximum absolute atomic E-state index is 12.8. The molecule has 1 N–H and O–H groups in total. The van der Waals surface area contributed by atoms with Crippen LogP contribution in [0.4, 0.5) is 10.5 Å². The number of pyridine rings is 1. The molecule has 2 fully saturated rings. The van der Waals surface area contributed by atoms with Crippen LogP contribution in [0.3, 0.4) is 0 Å². The first-order valence-electron chi connectivity index (χ1n) is 9.84. The van der Waals surface area contributed by atoms with E-state index in [2.05, 4.69) is 27.1 Å². The molecule has 2 aliphatic heterocycles. The molecule has 1 aromatic carbocycles. The van der Waals surface area contributed by atoms with E-state index in [9.17, 15) is 4.79 Å². The third-order valence-electron chi connectivity index (χ3n) is 5.50. The minimum atomic E-state index is -0.0705. The highest BCUT2D eigenvalue weighted by Crippen LogP contribution is 2.29. The van der Waals surface area contributed by atoms with Gasteiger partial charge in [-0.05, 0) is 37.7 Å². The Hall–Kier alpha value is -2.64. The predicted octanol–water partition coefficient (Wildman–Crippen LogP) is 2.73. The van der Waals surface area contributed by atoms with Crippen LogP contribution < -0.4 is 10.1 Å². The lowest BCUT2D eigenvalue weighted by molar-refractivity contribution is 0.115. The molecule has 0 radical (unpaired) electrons. The van der Waals surface area contributed by atoms with Crippen molar-refractivity contribution < 1.29 is 9.53 Å². The number of likely N-dealkylation sites (N-methyl/N-ethyl adjacent to an activating group) is 1. The summed E-state index contributed by atoms with van der Waals surface area (Å²) in [6.45, 7) is 5.93. The lowest BCUT2D eigenvalue weighted by Crippen LogP contribution is -2.50. The Balaban J connectivity index is 1.37. The van der Waals surface area contributed by atoms with Crippen molar-refractivity contribution in [3.8, 4) is 11.5 Å². The molecule has 2 saturated heterocycles. The third-order valence-corrected chi connectivity index (χ3v) is 5.50. The molecule has 0 spiro atoms. The second-order valence-corrected chi connectivity index (χ2v) is 7.44. The van der Waals surface area contributed by atoms with E-state index in [1.54, 1.807) is 12.4 Å². The van der Waals surface area contributed by atoms with E-state index in [1.807, 2.05) is 41.3 Å². The topological polar surface area (TPSA) is 60.9 Å². The van der Waals surface area contributed by atoms with Gasteiger partial charge in [0.2, 0.25) is 0 Å². The Morgan fingerprint density at radius 2 is 1.93 bits per heavy atom. The molecule has 28 heavy (non-hydrogen) atoms. The number of aromatic nitrogens is 1. The minimum absolute atomic E-state index is 0.0705. The molecule has 1 atom stereocenters. The fourth-order valence-electron chi connectivity index (χ4n) is 3.80. The van der Waals surface area contributed by atoms with Gasteiger partial charge in [-0.1, -0.05) is 12.1 Å². The molecule has 7 heteroatoms. The Bertz CT molecular complexity index is 792. The number of hydrogen-bond acceptors (Lipinski definition) is 5. The molecular formula is C21H27N5O2. The van der Waals surface area contributed by atoms with Gasteiger partial charge in [-0.15, -0.1) is 0 Å². The summed E-state index contributed by atoms with van der Waals surface area (Å²) in [6, 6.07) is 11.5. The molecule has 0 saturated carbocycles. The number of amides is 2. The number of ether oxygens (including phenoxy) is 1. The summed E-state index contributed by atoms with van der Waals surface area (Å²) in [5, 5.41) is 3.02. The van der Waals surface area contributed by atoms with E-state index in [1.165, 1.54) is 0 Å². The Labute approximate surface area is 165 Å². The van der Waals surface area contributed by atoms with Gasteiger partial charge in [-0.2, -0.15) is 0 Å². The fourth-order valence-corrected chi connectivity index (χ4v) is 3.80. The van der Waals surface area contributed by atoms with Crippen molar-refractivity contribution in [1.29, 1.82) is 0 Å². The molecular weight excluding hydrogens is 354 g/mol. The lowest BCUT2D eigenvalue weighted by Gasteiger charge is -2.36. The van der Waals surface area contributed by atoms with Crippen molar-refractivity contribution >= 4 is 11.7 Å². The van der Waals surface area contributed by atoms with Crippen molar-refractivity contribution in [2.45, 2.75) is 12.5 Å². The third kappa shape index (κ3) is 4.43.